The largest absolute Gasteiger partial charge is 0.300 e. The Morgan fingerprint density at radius 3 is 2.75 bits per heavy atom. The fourth-order valence-corrected chi connectivity index (χ4v) is 0.956. The predicted octanol–water partition coefficient (Wildman–Crippen LogP) is 2.34. The Labute approximate surface area is 69.0 Å². The Hall–Kier alpha value is -1.25. The number of halogens is 2. The molecule has 0 saturated heterocycles. The second-order valence-corrected chi connectivity index (χ2v) is 2.52. The van der Waals surface area contributed by atoms with Crippen molar-refractivity contribution >= 4 is 6.29 Å². The van der Waals surface area contributed by atoms with Crippen molar-refractivity contribution in [3.05, 3.63) is 35.1 Å². The van der Waals surface area contributed by atoms with E-state index in [0.717, 1.165) is 0 Å². The van der Waals surface area contributed by atoms with Crippen LogP contribution in [-0.4, -0.2) is 6.29 Å². The molecule has 0 fully saturated rings. The van der Waals surface area contributed by atoms with Gasteiger partial charge < -0.3 is 0 Å². The predicted molar refractivity (Wildman–Crippen MR) is 41.1 cm³/mol. The number of aryl methyl sites for hydroxylation is 1. The molecule has 3 heteroatoms. The summed E-state index contributed by atoms with van der Waals surface area (Å²) in [6.07, 6.45) is -1.78. The van der Waals surface area contributed by atoms with Crippen molar-refractivity contribution in [1.29, 1.82) is 0 Å². The van der Waals surface area contributed by atoms with E-state index in [-0.39, 0.29) is 11.8 Å². The van der Waals surface area contributed by atoms with Gasteiger partial charge in [-0.25, -0.2) is 8.78 Å². The van der Waals surface area contributed by atoms with Gasteiger partial charge in [0.25, 0.3) is 0 Å². The third kappa shape index (κ3) is 1.49. The summed E-state index contributed by atoms with van der Waals surface area (Å²) >= 11 is 0. The maximum Gasteiger partial charge on any atom is 0.183 e. The molecule has 12 heavy (non-hydrogen) atoms. The number of carbonyl (C=O) groups is 1. The highest BCUT2D eigenvalue weighted by Gasteiger charge is 2.13. The summed E-state index contributed by atoms with van der Waals surface area (Å²) in [6, 6.07) is 4.31. The summed E-state index contributed by atoms with van der Waals surface area (Å²) in [5.41, 5.74) is 0.155. The first-order chi connectivity index (χ1) is 5.66. The van der Waals surface area contributed by atoms with Gasteiger partial charge in [-0.05, 0) is 12.5 Å². The molecular formula is C9H8F2O. The van der Waals surface area contributed by atoms with E-state index >= 15 is 0 Å². The van der Waals surface area contributed by atoms with Crippen LogP contribution in [0.2, 0.25) is 0 Å². The SMILES string of the molecule is Cc1cccc(C(F)C=O)c1F. The molecule has 1 nitrogen and oxygen atoms in total. The summed E-state index contributed by atoms with van der Waals surface area (Å²) in [5, 5.41) is 0. The van der Waals surface area contributed by atoms with Gasteiger partial charge in [-0.1, -0.05) is 18.2 Å². The number of carbonyl (C=O) groups excluding carboxylic acids is 1. The molecule has 0 amide bonds. The molecular weight excluding hydrogens is 162 g/mol. The van der Waals surface area contributed by atoms with Gasteiger partial charge in [0.2, 0.25) is 0 Å². The number of benzene rings is 1. The Bertz CT molecular complexity index is 297. The fourth-order valence-electron chi connectivity index (χ4n) is 0.956. The van der Waals surface area contributed by atoms with Crippen LogP contribution < -0.4 is 0 Å². The van der Waals surface area contributed by atoms with Gasteiger partial charge in [-0.2, -0.15) is 0 Å². The molecule has 0 heterocycles. The maximum absolute atomic E-state index is 13.0. The second-order valence-electron chi connectivity index (χ2n) is 2.52. The van der Waals surface area contributed by atoms with Crippen LogP contribution in [0, 0.1) is 12.7 Å². The van der Waals surface area contributed by atoms with Crippen molar-refractivity contribution in [2.24, 2.45) is 0 Å². The molecule has 0 aliphatic rings. The van der Waals surface area contributed by atoms with Gasteiger partial charge in [0, 0.05) is 5.56 Å². The average molecular weight is 170 g/mol. The van der Waals surface area contributed by atoms with E-state index in [4.69, 9.17) is 0 Å². The van der Waals surface area contributed by atoms with Crippen molar-refractivity contribution in [3.63, 3.8) is 0 Å². The molecule has 0 spiro atoms. The van der Waals surface area contributed by atoms with E-state index in [2.05, 4.69) is 0 Å². The minimum absolute atomic E-state index is 0.0812. The van der Waals surface area contributed by atoms with Crippen molar-refractivity contribution in [2.45, 2.75) is 13.1 Å². The van der Waals surface area contributed by atoms with E-state index in [1.807, 2.05) is 0 Å². The van der Waals surface area contributed by atoms with Gasteiger partial charge in [-0.3, -0.25) is 4.79 Å². The lowest BCUT2D eigenvalue weighted by Gasteiger charge is -2.04. The summed E-state index contributed by atoms with van der Waals surface area (Å²) < 4.78 is 25.7. The summed E-state index contributed by atoms with van der Waals surface area (Å²) in [5.74, 6) is -0.642. The van der Waals surface area contributed by atoms with Gasteiger partial charge in [-0.15, -0.1) is 0 Å². The zero-order chi connectivity index (χ0) is 9.14. The van der Waals surface area contributed by atoms with E-state index < -0.39 is 12.0 Å². The highest BCUT2D eigenvalue weighted by molar-refractivity contribution is 5.60. The molecule has 1 unspecified atom stereocenters. The Balaban J connectivity index is 3.15. The molecule has 0 N–H and O–H groups in total. The van der Waals surface area contributed by atoms with Crippen molar-refractivity contribution < 1.29 is 13.6 Å². The number of alkyl halides is 1. The quantitative estimate of drug-likeness (QED) is 0.622. The number of hydrogen-bond acceptors (Lipinski definition) is 1. The smallest absolute Gasteiger partial charge is 0.183 e. The highest BCUT2D eigenvalue weighted by Crippen LogP contribution is 2.20. The third-order valence-corrected chi connectivity index (χ3v) is 1.64. The maximum atomic E-state index is 13.0. The first-order valence-corrected chi connectivity index (χ1v) is 3.51. The standard InChI is InChI=1S/C9H8F2O/c1-6-3-2-4-7(9(6)11)8(10)5-12/h2-5,8H,1H3. The lowest BCUT2D eigenvalue weighted by molar-refractivity contribution is -0.112. The molecule has 1 aromatic rings. The van der Waals surface area contributed by atoms with Gasteiger partial charge in [0.1, 0.15) is 5.82 Å². The average Bonchev–Trinajstić information content (AvgIpc) is 2.08. The summed E-state index contributed by atoms with van der Waals surface area (Å²) in [7, 11) is 0. The number of hydrogen-bond donors (Lipinski definition) is 0. The zero-order valence-electron chi connectivity index (χ0n) is 6.55. The molecule has 1 rings (SSSR count). The van der Waals surface area contributed by atoms with Crippen LogP contribution in [0.4, 0.5) is 8.78 Å². The zero-order valence-corrected chi connectivity index (χ0v) is 6.55. The molecule has 0 aliphatic carbocycles. The van der Waals surface area contributed by atoms with Crippen LogP contribution in [0.5, 0.6) is 0 Å². The van der Waals surface area contributed by atoms with E-state index in [1.54, 1.807) is 0 Å². The fraction of sp³-hybridized carbons (Fsp3) is 0.222. The van der Waals surface area contributed by atoms with Gasteiger partial charge in [0.15, 0.2) is 12.5 Å². The lowest BCUT2D eigenvalue weighted by atomic mass is 10.1. The third-order valence-electron chi connectivity index (χ3n) is 1.64. The summed E-state index contributed by atoms with van der Waals surface area (Å²) in [6.45, 7) is 1.52. The van der Waals surface area contributed by atoms with Crippen molar-refractivity contribution in [1.82, 2.24) is 0 Å². The molecule has 64 valence electrons. The van der Waals surface area contributed by atoms with Crippen LogP contribution in [0.3, 0.4) is 0 Å². The van der Waals surface area contributed by atoms with Crippen LogP contribution in [0.25, 0.3) is 0 Å². The van der Waals surface area contributed by atoms with Crippen LogP contribution in [0.15, 0.2) is 18.2 Å². The minimum Gasteiger partial charge on any atom is -0.300 e. The monoisotopic (exact) mass is 170 g/mol. The Morgan fingerprint density at radius 2 is 2.17 bits per heavy atom. The van der Waals surface area contributed by atoms with E-state index in [9.17, 15) is 13.6 Å². The van der Waals surface area contributed by atoms with Gasteiger partial charge >= 0.3 is 0 Å². The Kier molecular flexibility index (Phi) is 2.53. The van der Waals surface area contributed by atoms with Crippen molar-refractivity contribution in [3.8, 4) is 0 Å². The molecule has 1 aromatic carbocycles. The molecule has 0 bridgehead atoms. The Morgan fingerprint density at radius 1 is 1.50 bits per heavy atom. The topological polar surface area (TPSA) is 17.1 Å². The van der Waals surface area contributed by atoms with E-state index in [0.29, 0.717) is 5.56 Å². The van der Waals surface area contributed by atoms with E-state index in [1.165, 1.54) is 25.1 Å². The van der Waals surface area contributed by atoms with Crippen LogP contribution >= 0.6 is 0 Å². The molecule has 0 saturated carbocycles. The lowest BCUT2D eigenvalue weighted by Crippen LogP contribution is -1.98. The number of rotatable bonds is 2. The first kappa shape index (κ1) is 8.84. The minimum atomic E-state index is -1.86. The van der Waals surface area contributed by atoms with Crippen LogP contribution in [0.1, 0.15) is 17.3 Å². The van der Waals surface area contributed by atoms with Crippen molar-refractivity contribution in [2.75, 3.05) is 0 Å². The second kappa shape index (κ2) is 3.43. The normalized spacial score (nSPS) is 12.6. The van der Waals surface area contributed by atoms with Crippen LogP contribution in [-0.2, 0) is 4.79 Å². The first-order valence-electron chi connectivity index (χ1n) is 3.51. The molecule has 0 radical (unpaired) electrons. The number of aldehydes is 1. The molecule has 1 atom stereocenters. The summed E-state index contributed by atoms with van der Waals surface area (Å²) in [4.78, 5) is 10.0. The highest BCUT2D eigenvalue weighted by atomic mass is 19.1. The molecule has 0 aromatic heterocycles. The molecule has 0 aliphatic heterocycles. The van der Waals surface area contributed by atoms with Gasteiger partial charge in [0.05, 0.1) is 0 Å².